The lowest BCUT2D eigenvalue weighted by Crippen LogP contribution is -2.34. The van der Waals surface area contributed by atoms with Crippen LogP contribution in [-0.2, 0) is 11.3 Å². The third-order valence-corrected chi connectivity index (χ3v) is 7.83. The summed E-state index contributed by atoms with van der Waals surface area (Å²) in [4.78, 5) is 14.7. The van der Waals surface area contributed by atoms with Crippen LogP contribution in [0.25, 0.3) is 0 Å². The van der Waals surface area contributed by atoms with Gasteiger partial charge < -0.3 is 14.7 Å². The molecule has 1 aliphatic heterocycles. The molecule has 4 rings (SSSR count). The first-order valence-electron chi connectivity index (χ1n) is 12.4. The van der Waals surface area contributed by atoms with Crippen molar-refractivity contribution in [3.8, 4) is 5.75 Å². The van der Waals surface area contributed by atoms with E-state index in [0.717, 1.165) is 24.6 Å². The molecule has 0 aromatic heterocycles. The molecule has 0 saturated heterocycles. The highest BCUT2D eigenvalue weighted by atomic mass is 16.5. The van der Waals surface area contributed by atoms with E-state index in [1.165, 1.54) is 70.6 Å². The van der Waals surface area contributed by atoms with Crippen molar-refractivity contribution in [3.05, 3.63) is 29.3 Å². The molecule has 4 nitrogen and oxygen atoms in total. The number of ether oxygens (including phenoxy) is 1. The molecule has 1 amide bonds. The molecule has 1 aromatic carbocycles. The van der Waals surface area contributed by atoms with Crippen LogP contribution in [0.3, 0.4) is 0 Å². The molecule has 1 aromatic rings. The number of carbonyl (C=O) groups is 1. The molecule has 0 radical (unpaired) electrons. The molecule has 0 spiro atoms. The van der Waals surface area contributed by atoms with Crippen molar-refractivity contribution in [2.45, 2.75) is 90.2 Å². The third kappa shape index (κ3) is 5.19. The Hall–Kier alpha value is -1.55. The topological polar surface area (TPSA) is 49.8 Å². The third-order valence-electron chi connectivity index (χ3n) is 7.83. The lowest BCUT2D eigenvalue weighted by molar-refractivity contribution is -0.00902. The summed E-state index contributed by atoms with van der Waals surface area (Å²) in [6, 6.07) is 5.19. The second kappa shape index (κ2) is 10.2. The Morgan fingerprint density at radius 3 is 2.57 bits per heavy atom. The summed E-state index contributed by atoms with van der Waals surface area (Å²) >= 11 is 0. The Balaban J connectivity index is 1.25. The van der Waals surface area contributed by atoms with Crippen LogP contribution in [0.5, 0.6) is 5.75 Å². The molecule has 30 heavy (non-hydrogen) atoms. The van der Waals surface area contributed by atoms with Crippen LogP contribution in [0, 0.1) is 17.8 Å². The molecule has 2 saturated carbocycles. The van der Waals surface area contributed by atoms with E-state index in [-0.39, 0.29) is 11.7 Å². The fraction of sp³-hybridized carbons (Fsp3) is 0.731. The molecule has 2 aliphatic carbocycles. The number of nitrogens with zero attached hydrogens (tertiary/aromatic N) is 1. The first-order chi connectivity index (χ1) is 14.6. The molecule has 4 heteroatoms. The van der Waals surface area contributed by atoms with Gasteiger partial charge in [-0.1, -0.05) is 38.2 Å². The number of phenolic OH excluding ortho intramolecular Hbond substituents is 1. The zero-order valence-electron chi connectivity index (χ0n) is 18.7. The first kappa shape index (κ1) is 21.7. The number of phenols is 1. The highest BCUT2D eigenvalue weighted by molar-refractivity contribution is 5.98. The van der Waals surface area contributed by atoms with Crippen molar-refractivity contribution in [1.82, 2.24) is 4.90 Å². The normalized spacial score (nSPS) is 26.0. The van der Waals surface area contributed by atoms with Gasteiger partial charge in [-0.3, -0.25) is 4.79 Å². The van der Waals surface area contributed by atoms with Gasteiger partial charge in [-0.25, -0.2) is 0 Å². The van der Waals surface area contributed by atoms with Crippen molar-refractivity contribution in [3.63, 3.8) is 0 Å². The van der Waals surface area contributed by atoms with Gasteiger partial charge in [0.15, 0.2) is 0 Å². The van der Waals surface area contributed by atoms with Crippen molar-refractivity contribution >= 4 is 5.91 Å². The minimum Gasteiger partial charge on any atom is -0.508 e. The van der Waals surface area contributed by atoms with E-state index in [0.29, 0.717) is 30.0 Å². The van der Waals surface area contributed by atoms with E-state index < -0.39 is 0 Å². The summed E-state index contributed by atoms with van der Waals surface area (Å²) in [7, 11) is 0. The molecule has 3 aliphatic rings. The number of hydrogen-bond donors (Lipinski definition) is 1. The second-order valence-corrected chi connectivity index (χ2v) is 9.88. The summed E-state index contributed by atoms with van der Waals surface area (Å²) in [6.07, 6.45) is 15.0. The van der Waals surface area contributed by atoms with Crippen molar-refractivity contribution < 1.29 is 14.6 Å². The Bertz CT molecular complexity index is 704. The molecular weight excluding hydrogens is 374 g/mol. The van der Waals surface area contributed by atoms with Gasteiger partial charge in [0, 0.05) is 25.3 Å². The van der Waals surface area contributed by atoms with Crippen LogP contribution in [0.2, 0.25) is 0 Å². The van der Waals surface area contributed by atoms with Gasteiger partial charge in [0.2, 0.25) is 0 Å². The SMILES string of the molecule is CCOC(CCC1CCCCC1)C1CCC(CN2Cc3ccc(O)cc3C2=O)CC1. The Morgan fingerprint density at radius 2 is 1.83 bits per heavy atom. The first-order valence-corrected chi connectivity index (χ1v) is 12.4. The average molecular weight is 414 g/mol. The molecule has 2 fully saturated rings. The average Bonchev–Trinajstić information content (AvgIpc) is 3.07. The Labute approximate surface area is 182 Å². The number of fused-ring (bicyclic) bond motifs is 1. The summed E-state index contributed by atoms with van der Waals surface area (Å²) in [5.41, 5.74) is 1.73. The van der Waals surface area contributed by atoms with Gasteiger partial charge in [0.25, 0.3) is 5.91 Å². The maximum Gasteiger partial charge on any atom is 0.254 e. The van der Waals surface area contributed by atoms with Crippen molar-refractivity contribution in [2.75, 3.05) is 13.2 Å². The van der Waals surface area contributed by atoms with Crippen molar-refractivity contribution in [2.24, 2.45) is 17.8 Å². The maximum absolute atomic E-state index is 12.7. The van der Waals surface area contributed by atoms with E-state index in [2.05, 4.69) is 6.92 Å². The van der Waals surface area contributed by atoms with E-state index in [4.69, 9.17) is 4.74 Å². The zero-order valence-corrected chi connectivity index (χ0v) is 18.7. The predicted molar refractivity (Wildman–Crippen MR) is 120 cm³/mol. The monoisotopic (exact) mass is 413 g/mol. The fourth-order valence-electron chi connectivity index (χ4n) is 6.10. The Morgan fingerprint density at radius 1 is 1.07 bits per heavy atom. The zero-order chi connectivity index (χ0) is 20.9. The van der Waals surface area contributed by atoms with Gasteiger partial charge >= 0.3 is 0 Å². The van der Waals surface area contributed by atoms with Gasteiger partial charge in [0.1, 0.15) is 5.75 Å². The van der Waals surface area contributed by atoms with Crippen LogP contribution in [0.1, 0.15) is 93.5 Å². The van der Waals surface area contributed by atoms with Gasteiger partial charge in [-0.15, -0.1) is 0 Å². The van der Waals surface area contributed by atoms with E-state index in [9.17, 15) is 9.90 Å². The molecule has 0 bridgehead atoms. The number of amides is 1. The van der Waals surface area contributed by atoms with Crippen LogP contribution in [0.4, 0.5) is 0 Å². The van der Waals surface area contributed by atoms with Crippen LogP contribution in [-0.4, -0.2) is 35.2 Å². The minimum atomic E-state index is 0.0858. The van der Waals surface area contributed by atoms with E-state index in [1.54, 1.807) is 12.1 Å². The molecule has 166 valence electrons. The minimum absolute atomic E-state index is 0.0858. The molecular formula is C26H39NO3. The van der Waals surface area contributed by atoms with Crippen molar-refractivity contribution in [1.29, 1.82) is 0 Å². The predicted octanol–water partition coefficient (Wildman–Crippen LogP) is 5.92. The molecule has 1 unspecified atom stereocenters. The van der Waals surface area contributed by atoms with E-state index in [1.807, 2.05) is 11.0 Å². The standard InChI is InChI=1S/C26H39NO3/c1-2-30-25(15-10-19-6-4-3-5-7-19)21-11-8-20(9-12-21)17-27-18-22-13-14-23(28)16-24(22)26(27)29/h13-14,16,19-21,25,28H,2-12,15,17-18H2,1H3. The summed E-state index contributed by atoms with van der Waals surface area (Å²) < 4.78 is 6.22. The smallest absolute Gasteiger partial charge is 0.254 e. The number of benzene rings is 1. The second-order valence-electron chi connectivity index (χ2n) is 9.88. The summed E-state index contributed by atoms with van der Waals surface area (Å²) in [5.74, 6) is 2.48. The maximum atomic E-state index is 12.7. The molecule has 1 N–H and O–H groups in total. The van der Waals surface area contributed by atoms with E-state index >= 15 is 0 Å². The number of rotatable bonds is 8. The summed E-state index contributed by atoms with van der Waals surface area (Å²) in [5, 5.41) is 9.69. The lowest BCUT2D eigenvalue weighted by Gasteiger charge is -2.36. The molecule has 1 heterocycles. The Kier molecular flexibility index (Phi) is 7.35. The highest BCUT2D eigenvalue weighted by Gasteiger charge is 2.33. The lowest BCUT2D eigenvalue weighted by atomic mass is 9.77. The molecule has 1 atom stereocenters. The largest absolute Gasteiger partial charge is 0.508 e. The van der Waals surface area contributed by atoms with Gasteiger partial charge in [0.05, 0.1) is 6.10 Å². The summed E-state index contributed by atoms with van der Waals surface area (Å²) in [6.45, 7) is 4.50. The fourth-order valence-corrected chi connectivity index (χ4v) is 6.10. The number of hydrogen-bond acceptors (Lipinski definition) is 3. The number of aromatic hydroxyl groups is 1. The van der Waals surface area contributed by atoms with Gasteiger partial charge in [-0.2, -0.15) is 0 Å². The van der Waals surface area contributed by atoms with Crippen LogP contribution >= 0.6 is 0 Å². The van der Waals surface area contributed by atoms with Gasteiger partial charge in [-0.05, 0) is 80.9 Å². The van der Waals surface area contributed by atoms with Crippen LogP contribution in [0.15, 0.2) is 18.2 Å². The highest BCUT2D eigenvalue weighted by Crippen LogP contribution is 2.37. The quantitative estimate of drug-likeness (QED) is 0.575. The van der Waals surface area contributed by atoms with Crippen LogP contribution < -0.4 is 0 Å². The number of carbonyl (C=O) groups excluding carboxylic acids is 1.